The molecule has 9 nitrogen and oxygen atoms in total. The smallest absolute Gasteiger partial charge is 0.335 e. The highest BCUT2D eigenvalue weighted by Crippen LogP contribution is 2.37. The number of benzene rings is 3. The number of imide groups is 2. The number of amides is 5. The number of nitrogens with zero attached hydrogens (tertiary/aromatic N) is 1. The number of rotatable bonds is 7. The highest BCUT2D eigenvalue weighted by molar-refractivity contribution is 9.10. The van der Waals surface area contributed by atoms with Crippen LogP contribution >= 0.6 is 27.5 Å². The Hall–Kier alpha value is -4.15. The molecule has 5 amide bonds. The molecule has 4 rings (SSSR count). The summed E-state index contributed by atoms with van der Waals surface area (Å²) in [5.41, 5.74) is 1.03. The van der Waals surface area contributed by atoms with Crippen molar-refractivity contribution in [3.8, 4) is 11.5 Å². The number of halogens is 2. The van der Waals surface area contributed by atoms with Crippen molar-refractivity contribution in [2.24, 2.45) is 0 Å². The van der Waals surface area contributed by atoms with Gasteiger partial charge in [-0.3, -0.25) is 19.7 Å². The quantitative estimate of drug-likeness (QED) is 0.305. The fourth-order valence-corrected chi connectivity index (χ4v) is 4.17. The Labute approximate surface area is 225 Å². The van der Waals surface area contributed by atoms with E-state index in [1.807, 2.05) is 6.07 Å². The van der Waals surface area contributed by atoms with Gasteiger partial charge >= 0.3 is 6.03 Å². The van der Waals surface area contributed by atoms with Crippen LogP contribution in [-0.2, 0) is 14.4 Å². The summed E-state index contributed by atoms with van der Waals surface area (Å²) in [6, 6.07) is 17.2. The van der Waals surface area contributed by atoms with Gasteiger partial charge < -0.3 is 14.8 Å². The van der Waals surface area contributed by atoms with Crippen molar-refractivity contribution in [1.29, 1.82) is 0 Å². The third kappa shape index (κ3) is 5.99. The monoisotopic (exact) mass is 583 g/mol. The van der Waals surface area contributed by atoms with Crippen LogP contribution in [0.2, 0.25) is 5.02 Å². The number of urea groups is 1. The molecule has 3 aromatic rings. The number of para-hydroxylation sites is 1. The van der Waals surface area contributed by atoms with E-state index < -0.39 is 17.8 Å². The van der Waals surface area contributed by atoms with Gasteiger partial charge in [0.05, 0.1) is 17.3 Å². The number of ether oxygens (including phenoxy) is 2. The van der Waals surface area contributed by atoms with Gasteiger partial charge in [0.25, 0.3) is 17.7 Å². The number of carbonyl (C=O) groups excluding carboxylic acids is 4. The van der Waals surface area contributed by atoms with Crippen molar-refractivity contribution in [1.82, 2.24) is 5.32 Å². The molecule has 1 aliphatic heterocycles. The molecular weight excluding hydrogens is 566 g/mol. The Morgan fingerprint density at radius 3 is 2.46 bits per heavy atom. The van der Waals surface area contributed by atoms with Crippen LogP contribution in [0.1, 0.15) is 5.56 Å². The van der Waals surface area contributed by atoms with Crippen LogP contribution in [0.3, 0.4) is 0 Å². The van der Waals surface area contributed by atoms with E-state index in [9.17, 15) is 19.2 Å². The largest absolute Gasteiger partial charge is 0.493 e. The van der Waals surface area contributed by atoms with Crippen LogP contribution < -0.4 is 25.0 Å². The van der Waals surface area contributed by atoms with Crippen LogP contribution in [-0.4, -0.2) is 37.5 Å². The lowest BCUT2D eigenvalue weighted by molar-refractivity contribution is -0.122. The second-order valence-corrected chi connectivity index (χ2v) is 8.96. The number of hydrogen-bond donors (Lipinski definition) is 2. The predicted molar refractivity (Wildman–Crippen MR) is 142 cm³/mol. The summed E-state index contributed by atoms with van der Waals surface area (Å²) < 4.78 is 11.5. The van der Waals surface area contributed by atoms with E-state index in [0.29, 0.717) is 20.7 Å². The molecule has 0 unspecified atom stereocenters. The first-order valence-corrected chi connectivity index (χ1v) is 12.0. The van der Waals surface area contributed by atoms with Crippen molar-refractivity contribution in [3.05, 3.63) is 87.4 Å². The molecule has 0 saturated carbocycles. The SMILES string of the molecule is COc1cc(/C=C2\C(=O)NC(=O)N(c3ccc(Cl)cc3)C2=O)cc(Br)c1OCC(=O)Nc1ccccc1. The summed E-state index contributed by atoms with van der Waals surface area (Å²) in [4.78, 5) is 51.1. The zero-order valence-corrected chi connectivity index (χ0v) is 21.6. The Balaban J connectivity index is 1.56. The molecule has 0 aliphatic carbocycles. The predicted octanol–water partition coefficient (Wildman–Crippen LogP) is 4.80. The second-order valence-electron chi connectivity index (χ2n) is 7.67. The van der Waals surface area contributed by atoms with E-state index >= 15 is 0 Å². The summed E-state index contributed by atoms with van der Waals surface area (Å²) in [6.07, 6.45) is 1.33. The average Bonchev–Trinajstić information content (AvgIpc) is 2.87. The number of nitrogens with one attached hydrogen (secondary N) is 2. The Kier molecular flexibility index (Phi) is 7.90. The second kappa shape index (κ2) is 11.3. The fraction of sp³-hybridized carbons (Fsp3) is 0.0769. The minimum Gasteiger partial charge on any atom is -0.493 e. The average molecular weight is 585 g/mol. The van der Waals surface area contributed by atoms with Gasteiger partial charge in [-0.15, -0.1) is 0 Å². The normalized spacial score (nSPS) is 14.4. The minimum absolute atomic E-state index is 0.251. The van der Waals surface area contributed by atoms with E-state index in [1.165, 1.54) is 43.5 Å². The number of barbiturate groups is 1. The van der Waals surface area contributed by atoms with Gasteiger partial charge in [0.2, 0.25) is 0 Å². The van der Waals surface area contributed by atoms with Crippen molar-refractivity contribution in [2.75, 3.05) is 23.9 Å². The first-order valence-electron chi connectivity index (χ1n) is 10.8. The molecule has 1 fully saturated rings. The first kappa shape index (κ1) is 25.9. The van der Waals surface area contributed by atoms with Gasteiger partial charge in [-0.25, -0.2) is 9.69 Å². The Bertz CT molecular complexity index is 1410. The molecule has 3 aromatic carbocycles. The van der Waals surface area contributed by atoms with Crippen LogP contribution in [0.15, 0.2) is 76.8 Å². The molecule has 1 heterocycles. The van der Waals surface area contributed by atoms with E-state index in [0.717, 1.165) is 4.90 Å². The lowest BCUT2D eigenvalue weighted by Gasteiger charge is -2.26. The van der Waals surface area contributed by atoms with Gasteiger partial charge in [-0.1, -0.05) is 29.8 Å². The van der Waals surface area contributed by atoms with Crippen LogP contribution in [0.4, 0.5) is 16.2 Å². The Morgan fingerprint density at radius 1 is 1.08 bits per heavy atom. The molecule has 11 heteroatoms. The van der Waals surface area contributed by atoms with E-state index in [1.54, 1.807) is 30.3 Å². The van der Waals surface area contributed by atoms with Crippen LogP contribution in [0.25, 0.3) is 6.08 Å². The maximum Gasteiger partial charge on any atom is 0.335 e. The first-order chi connectivity index (χ1) is 17.8. The standard InChI is InChI=1S/C26H19BrClN3O6/c1-36-21-13-15(12-20(27)23(21)37-14-22(32)29-17-5-3-2-4-6-17)11-19-24(33)30-26(35)31(25(19)34)18-9-7-16(28)8-10-18/h2-13H,14H2,1H3,(H,29,32)(H,30,33,35)/b19-11+. The highest BCUT2D eigenvalue weighted by atomic mass is 79.9. The van der Waals surface area contributed by atoms with Gasteiger partial charge in [-0.05, 0) is 76.1 Å². The van der Waals surface area contributed by atoms with Crippen LogP contribution in [0, 0.1) is 0 Å². The molecule has 0 spiro atoms. The van der Waals surface area contributed by atoms with Crippen molar-refractivity contribution in [2.45, 2.75) is 0 Å². The van der Waals surface area contributed by atoms with E-state index in [4.69, 9.17) is 21.1 Å². The zero-order valence-electron chi connectivity index (χ0n) is 19.3. The van der Waals surface area contributed by atoms with Gasteiger partial charge in [0, 0.05) is 10.7 Å². The summed E-state index contributed by atoms with van der Waals surface area (Å²) in [6.45, 7) is -0.288. The summed E-state index contributed by atoms with van der Waals surface area (Å²) >= 11 is 9.28. The molecule has 2 N–H and O–H groups in total. The van der Waals surface area contributed by atoms with Gasteiger partial charge in [0.15, 0.2) is 18.1 Å². The summed E-state index contributed by atoms with van der Waals surface area (Å²) in [5.74, 6) is -1.51. The molecule has 37 heavy (non-hydrogen) atoms. The number of carbonyl (C=O) groups is 4. The Morgan fingerprint density at radius 2 is 1.78 bits per heavy atom. The number of hydrogen-bond acceptors (Lipinski definition) is 6. The van der Waals surface area contributed by atoms with E-state index in [-0.39, 0.29) is 35.3 Å². The maximum absolute atomic E-state index is 13.1. The third-order valence-corrected chi connectivity index (χ3v) is 6.00. The van der Waals surface area contributed by atoms with Gasteiger partial charge in [0.1, 0.15) is 5.57 Å². The van der Waals surface area contributed by atoms with Crippen LogP contribution in [0.5, 0.6) is 11.5 Å². The van der Waals surface area contributed by atoms with Crippen molar-refractivity contribution < 1.29 is 28.7 Å². The molecule has 1 saturated heterocycles. The lowest BCUT2D eigenvalue weighted by Crippen LogP contribution is -2.54. The fourth-order valence-electron chi connectivity index (χ4n) is 3.47. The van der Waals surface area contributed by atoms with E-state index in [2.05, 4.69) is 26.6 Å². The lowest BCUT2D eigenvalue weighted by atomic mass is 10.1. The van der Waals surface area contributed by atoms with Crippen molar-refractivity contribution >= 4 is 68.7 Å². The van der Waals surface area contributed by atoms with Crippen molar-refractivity contribution in [3.63, 3.8) is 0 Å². The molecular formula is C26H19BrClN3O6. The zero-order chi connectivity index (χ0) is 26.5. The molecule has 0 aromatic heterocycles. The minimum atomic E-state index is -0.870. The number of methoxy groups -OCH3 is 1. The summed E-state index contributed by atoms with van der Waals surface area (Å²) in [5, 5.41) is 5.31. The summed E-state index contributed by atoms with van der Waals surface area (Å²) in [7, 11) is 1.41. The molecule has 0 atom stereocenters. The molecule has 0 bridgehead atoms. The molecule has 188 valence electrons. The van der Waals surface area contributed by atoms with Gasteiger partial charge in [-0.2, -0.15) is 0 Å². The maximum atomic E-state index is 13.1. The topological polar surface area (TPSA) is 114 Å². The third-order valence-electron chi connectivity index (χ3n) is 5.15. The molecule has 1 aliphatic rings. The number of anilines is 2. The highest BCUT2D eigenvalue weighted by Gasteiger charge is 2.36. The molecule has 0 radical (unpaired) electrons.